The molecular weight excluding hydrogens is 843 g/mol. The normalized spacial score (nSPS) is 18.6. The molecule has 4 aromatic rings. The van der Waals surface area contributed by atoms with Crippen molar-refractivity contribution in [3.8, 4) is 17.2 Å². The Kier molecular flexibility index (Phi) is 20.3. The number of anilines is 1. The Morgan fingerprint density at radius 1 is 0.785 bits per heavy atom. The fraction of sp³-hybridized carbons (Fsp3) is 0.519. The van der Waals surface area contributed by atoms with Gasteiger partial charge in [-0.25, -0.2) is 14.8 Å². The lowest BCUT2D eigenvalue weighted by Gasteiger charge is -2.29. The minimum Gasteiger partial charge on any atom is -0.494 e. The summed E-state index contributed by atoms with van der Waals surface area (Å²) in [5.74, 6) is 1.20. The molecule has 0 atom stereocenters. The first-order valence-electron chi connectivity index (χ1n) is 23.7. The van der Waals surface area contributed by atoms with E-state index in [2.05, 4.69) is 25.6 Å². The molecule has 2 aliphatic carbocycles. The average Bonchev–Trinajstić information content (AvgIpc) is 3.77. The van der Waals surface area contributed by atoms with Crippen LogP contribution in [0.25, 0.3) is 10.2 Å². The van der Waals surface area contributed by atoms with Crippen molar-refractivity contribution in [1.29, 1.82) is 0 Å². The van der Waals surface area contributed by atoms with Gasteiger partial charge >= 0.3 is 17.9 Å². The number of nitrogens with zero attached hydrogens (tertiary/aromatic N) is 3. The number of hydrazone groups is 1. The fourth-order valence-corrected chi connectivity index (χ4v) is 9.47. The maximum Gasteiger partial charge on any atom is 0.330 e. The van der Waals surface area contributed by atoms with Crippen LogP contribution in [0.1, 0.15) is 127 Å². The maximum absolute atomic E-state index is 13.8. The third-order valence-electron chi connectivity index (χ3n) is 12.4. The molecule has 0 radical (unpaired) electrons. The number of benzene rings is 3. The predicted octanol–water partition coefficient (Wildman–Crippen LogP) is 11.6. The molecule has 2 fully saturated rings. The summed E-state index contributed by atoms with van der Waals surface area (Å²) in [5.41, 5.74) is 2.84. The lowest BCUT2D eigenvalue weighted by molar-refractivity contribution is -0.145. The third-order valence-corrected chi connectivity index (χ3v) is 13.5. The van der Waals surface area contributed by atoms with Gasteiger partial charge in [-0.3, -0.25) is 9.59 Å². The molecule has 0 unspecified atom stereocenters. The standard InChI is InChI=1S/C52H67N3O9S/c1-4-6-9-14-38-17-19-39(20-18-38)42-25-30-47(43(35-42)36-53-55(37-60-34-33-59-3)52-54-46-15-10-11-16-48(46)65-52)64-51(58)41-23-21-40(22-24-41)50(57)63-45-28-26-44(27-29-45)61-31-12-7-8-13-32-62-49(56)5-2/h5,10-11,15-16,25-30,35-36,38-41H,2,4,6-9,12-14,17-24,31-34,37H2,1,3H3/b53-36+. The van der Waals surface area contributed by atoms with Gasteiger partial charge in [0.2, 0.25) is 5.13 Å². The zero-order valence-corrected chi connectivity index (χ0v) is 39.1. The quantitative estimate of drug-likeness (QED) is 0.0113. The van der Waals surface area contributed by atoms with Gasteiger partial charge in [0.05, 0.1) is 54.7 Å². The summed E-state index contributed by atoms with van der Waals surface area (Å²) in [5, 5.41) is 7.34. The minimum absolute atomic E-state index is 0.170. The first kappa shape index (κ1) is 49.3. The molecule has 12 nitrogen and oxygen atoms in total. The van der Waals surface area contributed by atoms with Crippen molar-refractivity contribution < 1.29 is 42.8 Å². The fourth-order valence-electron chi connectivity index (χ4n) is 8.56. The summed E-state index contributed by atoms with van der Waals surface area (Å²) >= 11 is 1.54. The first-order valence-corrected chi connectivity index (χ1v) is 24.5. The van der Waals surface area contributed by atoms with Crippen molar-refractivity contribution >= 4 is 50.8 Å². The van der Waals surface area contributed by atoms with Crippen LogP contribution in [0.2, 0.25) is 0 Å². The number of rotatable bonds is 26. The molecule has 2 saturated carbocycles. The second-order valence-corrected chi connectivity index (χ2v) is 18.2. The van der Waals surface area contributed by atoms with Gasteiger partial charge < -0.3 is 28.4 Å². The van der Waals surface area contributed by atoms with Gasteiger partial charge in [0.15, 0.2) is 0 Å². The van der Waals surface area contributed by atoms with Gasteiger partial charge in [-0.15, -0.1) is 0 Å². The van der Waals surface area contributed by atoms with E-state index < -0.39 is 5.97 Å². The molecule has 2 aliphatic rings. The number of carbonyl (C=O) groups excluding carboxylic acids is 3. The van der Waals surface area contributed by atoms with Gasteiger partial charge in [-0.05, 0) is 143 Å². The average molecular weight is 910 g/mol. The summed E-state index contributed by atoms with van der Waals surface area (Å²) in [6.07, 6.45) is 18.6. The van der Waals surface area contributed by atoms with Crippen molar-refractivity contribution in [1.82, 2.24) is 4.98 Å². The SMILES string of the molecule is C=CC(=O)OCCCCCCOc1ccc(OC(=O)C2CCC(C(=O)Oc3ccc(C4CCC(CCCCC)CC4)cc3/C=N/N(COCCOC)c3nc4ccccc4s3)CC2)cc1. The molecule has 0 aliphatic heterocycles. The number of unbranched alkanes of at least 4 members (excludes halogenated alkanes) is 5. The number of para-hydroxylation sites is 1. The molecule has 65 heavy (non-hydrogen) atoms. The van der Waals surface area contributed by atoms with Crippen LogP contribution in [0.5, 0.6) is 17.2 Å². The number of fused-ring (bicyclic) bond motifs is 1. The Balaban J connectivity index is 1.04. The Morgan fingerprint density at radius 2 is 1.49 bits per heavy atom. The molecule has 1 heterocycles. The van der Waals surface area contributed by atoms with Crippen LogP contribution in [-0.4, -0.2) is 69.4 Å². The molecule has 0 bridgehead atoms. The molecule has 0 spiro atoms. The Hall–Kier alpha value is -5.11. The second-order valence-electron chi connectivity index (χ2n) is 17.1. The number of carbonyl (C=O) groups is 3. The highest BCUT2D eigenvalue weighted by atomic mass is 32.1. The van der Waals surface area contributed by atoms with Gasteiger partial charge in [-0.2, -0.15) is 5.10 Å². The Morgan fingerprint density at radius 3 is 2.20 bits per heavy atom. The van der Waals surface area contributed by atoms with Crippen molar-refractivity contribution in [2.45, 2.75) is 116 Å². The van der Waals surface area contributed by atoms with Crippen LogP contribution in [0.15, 0.2) is 84.5 Å². The molecular formula is C52H67N3O9S. The first-order chi connectivity index (χ1) is 31.8. The van der Waals surface area contributed by atoms with E-state index in [1.54, 1.807) is 42.6 Å². The van der Waals surface area contributed by atoms with Crippen LogP contribution in [-0.2, 0) is 28.6 Å². The van der Waals surface area contributed by atoms with E-state index in [4.69, 9.17) is 38.5 Å². The van der Waals surface area contributed by atoms with E-state index in [0.717, 1.165) is 60.2 Å². The van der Waals surface area contributed by atoms with E-state index in [9.17, 15) is 14.4 Å². The summed E-state index contributed by atoms with van der Waals surface area (Å²) in [4.78, 5) is 43.0. The zero-order valence-electron chi connectivity index (χ0n) is 38.3. The van der Waals surface area contributed by atoms with Crippen LogP contribution in [0.3, 0.4) is 0 Å². The molecule has 350 valence electrons. The zero-order chi connectivity index (χ0) is 45.6. The molecule has 3 aromatic carbocycles. The highest BCUT2D eigenvalue weighted by Gasteiger charge is 2.33. The smallest absolute Gasteiger partial charge is 0.330 e. The number of methoxy groups -OCH3 is 1. The van der Waals surface area contributed by atoms with Crippen LogP contribution in [0.4, 0.5) is 5.13 Å². The molecule has 13 heteroatoms. The molecule has 1 aromatic heterocycles. The summed E-state index contributed by atoms with van der Waals surface area (Å²) in [7, 11) is 1.64. The van der Waals surface area contributed by atoms with Crippen molar-refractivity contribution in [3.05, 3.63) is 90.5 Å². The number of aromatic nitrogens is 1. The van der Waals surface area contributed by atoms with Crippen molar-refractivity contribution in [2.75, 3.05) is 45.3 Å². The number of hydrogen-bond donors (Lipinski definition) is 0. The number of esters is 3. The van der Waals surface area contributed by atoms with Crippen LogP contribution >= 0.6 is 11.3 Å². The van der Waals surface area contributed by atoms with Gasteiger partial charge in [0.25, 0.3) is 0 Å². The molecule has 0 amide bonds. The largest absolute Gasteiger partial charge is 0.494 e. The minimum atomic E-state index is -0.395. The number of thiazole rings is 1. The van der Waals surface area contributed by atoms with Crippen LogP contribution in [0, 0.1) is 17.8 Å². The van der Waals surface area contributed by atoms with Gasteiger partial charge in [0.1, 0.15) is 24.0 Å². The monoisotopic (exact) mass is 909 g/mol. The van der Waals surface area contributed by atoms with Crippen molar-refractivity contribution in [2.24, 2.45) is 22.9 Å². The summed E-state index contributed by atoms with van der Waals surface area (Å²) in [6, 6.07) is 21.2. The van der Waals surface area contributed by atoms with E-state index in [1.165, 1.54) is 61.5 Å². The molecule has 0 N–H and O–H groups in total. The highest BCUT2D eigenvalue weighted by molar-refractivity contribution is 7.22. The summed E-state index contributed by atoms with van der Waals surface area (Å²) in [6.45, 7) is 7.64. The van der Waals surface area contributed by atoms with E-state index in [-0.39, 0.29) is 30.5 Å². The molecule has 6 rings (SSSR count). The third kappa shape index (κ3) is 15.8. The van der Waals surface area contributed by atoms with E-state index >= 15 is 0 Å². The number of ether oxygens (including phenoxy) is 6. The van der Waals surface area contributed by atoms with Gasteiger partial charge in [-0.1, -0.05) is 68.7 Å². The number of hydrogen-bond acceptors (Lipinski definition) is 13. The lowest BCUT2D eigenvalue weighted by atomic mass is 9.77. The summed E-state index contributed by atoms with van der Waals surface area (Å²) < 4.78 is 35.0. The second kappa shape index (κ2) is 26.8. The maximum atomic E-state index is 13.8. The van der Waals surface area contributed by atoms with Gasteiger partial charge in [0, 0.05) is 18.7 Å². The van der Waals surface area contributed by atoms with Crippen LogP contribution < -0.4 is 19.2 Å². The molecule has 0 saturated heterocycles. The highest BCUT2D eigenvalue weighted by Crippen LogP contribution is 2.40. The van der Waals surface area contributed by atoms with E-state index in [1.807, 2.05) is 30.3 Å². The predicted molar refractivity (Wildman–Crippen MR) is 256 cm³/mol. The lowest BCUT2D eigenvalue weighted by Crippen LogP contribution is -2.30. The van der Waals surface area contributed by atoms with Crippen molar-refractivity contribution in [3.63, 3.8) is 0 Å². The van der Waals surface area contributed by atoms with E-state index in [0.29, 0.717) is 80.4 Å². The Labute approximate surface area is 388 Å². The topological polar surface area (TPSA) is 135 Å². The Bertz CT molecular complexity index is 2090.